The lowest BCUT2D eigenvalue weighted by Crippen LogP contribution is -2.60. The largest absolute Gasteiger partial charge is 0.384 e. The zero-order valence-corrected chi connectivity index (χ0v) is 20.9. The van der Waals surface area contributed by atoms with Gasteiger partial charge in [0.25, 0.3) is 0 Å². The quantitative estimate of drug-likeness (QED) is 0.654. The second-order valence-electron chi connectivity index (χ2n) is 10.2. The summed E-state index contributed by atoms with van der Waals surface area (Å²) in [6.07, 6.45) is 0.647. The molecule has 6 heteroatoms. The van der Waals surface area contributed by atoms with Crippen LogP contribution in [-0.4, -0.2) is 41.0 Å². The van der Waals surface area contributed by atoms with Gasteiger partial charge in [-0.05, 0) is 42.5 Å². The molecule has 178 valence electrons. The summed E-state index contributed by atoms with van der Waals surface area (Å²) in [6, 6.07) is 14.5. The SMILES string of the molecule is Cc1ccc(CC(=O)N[C@@H](C(=O)N2CC[C@](O)(c3ccc(Cl)cc3)C(C)(C)C2)C(C)C)cc1. The van der Waals surface area contributed by atoms with Crippen molar-refractivity contribution < 1.29 is 14.7 Å². The van der Waals surface area contributed by atoms with Crippen LogP contribution in [0.3, 0.4) is 0 Å². The molecule has 0 radical (unpaired) electrons. The number of nitrogens with zero attached hydrogens (tertiary/aromatic N) is 1. The Balaban J connectivity index is 1.71. The number of rotatable bonds is 6. The number of carbonyl (C=O) groups is 2. The Bertz CT molecular complexity index is 985. The van der Waals surface area contributed by atoms with Gasteiger partial charge in [0.05, 0.1) is 12.0 Å². The molecular weight excluding hydrogens is 436 g/mol. The molecule has 2 atom stereocenters. The monoisotopic (exact) mass is 470 g/mol. The number of likely N-dealkylation sites (tertiary alicyclic amines) is 1. The fraction of sp³-hybridized carbons (Fsp3) is 0.481. The Labute approximate surface area is 202 Å². The first-order chi connectivity index (χ1) is 15.4. The molecule has 0 aliphatic carbocycles. The van der Waals surface area contributed by atoms with Crippen molar-refractivity contribution in [2.24, 2.45) is 11.3 Å². The molecule has 0 unspecified atom stereocenters. The number of carbonyl (C=O) groups excluding carboxylic acids is 2. The molecule has 1 heterocycles. The predicted molar refractivity (Wildman–Crippen MR) is 132 cm³/mol. The predicted octanol–water partition coefficient (Wildman–Crippen LogP) is 4.48. The molecule has 5 nitrogen and oxygen atoms in total. The number of aryl methyl sites for hydroxylation is 1. The summed E-state index contributed by atoms with van der Waals surface area (Å²) in [5.41, 5.74) is 1.20. The molecule has 2 aromatic carbocycles. The van der Waals surface area contributed by atoms with Gasteiger partial charge in [-0.2, -0.15) is 0 Å². The van der Waals surface area contributed by atoms with Crippen LogP contribution in [0.25, 0.3) is 0 Å². The molecule has 3 rings (SSSR count). The Morgan fingerprint density at radius 1 is 1.09 bits per heavy atom. The third kappa shape index (κ3) is 5.59. The number of nitrogens with one attached hydrogen (secondary N) is 1. The Morgan fingerprint density at radius 3 is 2.24 bits per heavy atom. The van der Waals surface area contributed by atoms with E-state index >= 15 is 0 Å². The van der Waals surface area contributed by atoms with Crippen molar-refractivity contribution in [2.45, 2.75) is 59.1 Å². The molecular formula is C27H35ClN2O3. The Morgan fingerprint density at radius 2 is 1.70 bits per heavy atom. The van der Waals surface area contributed by atoms with Gasteiger partial charge in [0.15, 0.2) is 0 Å². The minimum Gasteiger partial charge on any atom is -0.384 e. The summed E-state index contributed by atoms with van der Waals surface area (Å²) in [7, 11) is 0. The number of hydrogen-bond acceptors (Lipinski definition) is 3. The molecule has 0 bridgehead atoms. The van der Waals surface area contributed by atoms with Crippen LogP contribution in [-0.2, 0) is 21.6 Å². The van der Waals surface area contributed by atoms with E-state index in [0.717, 1.165) is 16.7 Å². The van der Waals surface area contributed by atoms with Crippen LogP contribution < -0.4 is 5.32 Å². The van der Waals surface area contributed by atoms with Crippen molar-refractivity contribution >= 4 is 23.4 Å². The van der Waals surface area contributed by atoms with Gasteiger partial charge in [-0.1, -0.05) is 81.3 Å². The van der Waals surface area contributed by atoms with Crippen LogP contribution in [0.4, 0.5) is 0 Å². The van der Waals surface area contributed by atoms with E-state index in [4.69, 9.17) is 11.6 Å². The average Bonchev–Trinajstić information content (AvgIpc) is 2.75. The average molecular weight is 471 g/mol. The van der Waals surface area contributed by atoms with Gasteiger partial charge >= 0.3 is 0 Å². The molecule has 33 heavy (non-hydrogen) atoms. The fourth-order valence-corrected chi connectivity index (χ4v) is 4.72. The highest BCUT2D eigenvalue weighted by molar-refractivity contribution is 6.30. The Kier molecular flexibility index (Phi) is 7.55. The topological polar surface area (TPSA) is 69.6 Å². The van der Waals surface area contributed by atoms with E-state index in [1.807, 2.05) is 71.0 Å². The summed E-state index contributed by atoms with van der Waals surface area (Å²) in [4.78, 5) is 28.0. The lowest BCUT2D eigenvalue weighted by Gasteiger charge is -2.51. The van der Waals surface area contributed by atoms with Crippen molar-refractivity contribution in [3.05, 3.63) is 70.2 Å². The minimum absolute atomic E-state index is 0.0559. The van der Waals surface area contributed by atoms with Gasteiger partial charge in [-0.25, -0.2) is 0 Å². The maximum atomic E-state index is 13.5. The van der Waals surface area contributed by atoms with E-state index in [2.05, 4.69) is 5.32 Å². The maximum absolute atomic E-state index is 13.5. The third-order valence-electron chi connectivity index (χ3n) is 6.82. The van der Waals surface area contributed by atoms with Crippen molar-refractivity contribution in [1.82, 2.24) is 10.2 Å². The van der Waals surface area contributed by atoms with Crippen molar-refractivity contribution in [1.29, 1.82) is 0 Å². The van der Waals surface area contributed by atoms with Crippen molar-refractivity contribution in [3.63, 3.8) is 0 Å². The van der Waals surface area contributed by atoms with E-state index in [1.54, 1.807) is 17.0 Å². The maximum Gasteiger partial charge on any atom is 0.245 e. The molecule has 1 aliphatic rings. The molecule has 1 aliphatic heterocycles. The first-order valence-corrected chi connectivity index (χ1v) is 11.9. The molecule has 1 fully saturated rings. The van der Waals surface area contributed by atoms with Gasteiger partial charge in [-0.15, -0.1) is 0 Å². The van der Waals surface area contributed by atoms with Crippen LogP contribution in [0.1, 0.15) is 50.8 Å². The number of hydrogen-bond donors (Lipinski definition) is 2. The fourth-order valence-electron chi connectivity index (χ4n) is 4.60. The molecule has 0 saturated carbocycles. The van der Waals surface area contributed by atoms with Crippen molar-refractivity contribution in [2.75, 3.05) is 13.1 Å². The van der Waals surface area contributed by atoms with Gasteiger partial charge in [0, 0.05) is 23.5 Å². The van der Waals surface area contributed by atoms with Gasteiger partial charge in [0.1, 0.15) is 6.04 Å². The van der Waals surface area contributed by atoms with E-state index in [-0.39, 0.29) is 24.2 Å². The lowest BCUT2D eigenvalue weighted by atomic mass is 9.66. The van der Waals surface area contributed by atoms with Crippen molar-refractivity contribution in [3.8, 4) is 0 Å². The zero-order chi connectivity index (χ0) is 24.4. The molecule has 2 amide bonds. The number of aliphatic hydroxyl groups is 1. The number of piperidine rings is 1. The molecule has 2 N–H and O–H groups in total. The Hall–Kier alpha value is -2.37. The molecule has 1 saturated heterocycles. The second kappa shape index (κ2) is 9.86. The minimum atomic E-state index is -1.07. The van der Waals surface area contributed by atoms with E-state index in [1.165, 1.54) is 0 Å². The zero-order valence-electron chi connectivity index (χ0n) is 20.2. The van der Waals surface area contributed by atoms with Gasteiger partial charge < -0.3 is 15.3 Å². The normalized spacial score (nSPS) is 21.0. The highest BCUT2D eigenvalue weighted by atomic mass is 35.5. The summed E-state index contributed by atoms with van der Waals surface area (Å²) in [5.74, 6) is -0.326. The smallest absolute Gasteiger partial charge is 0.245 e. The third-order valence-corrected chi connectivity index (χ3v) is 7.07. The van der Waals surface area contributed by atoms with Gasteiger partial charge in [-0.3, -0.25) is 9.59 Å². The number of benzene rings is 2. The van der Waals surface area contributed by atoms with E-state index in [0.29, 0.717) is 24.5 Å². The second-order valence-corrected chi connectivity index (χ2v) is 10.6. The lowest BCUT2D eigenvalue weighted by molar-refractivity contribution is -0.156. The van der Waals surface area contributed by atoms with Crippen LogP contribution in [0, 0.1) is 18.3 Å². The first-order valence-electron chi connectivity index (χ1n) is 11.5. The van der Waals surface area contributed by atoms with Crippen LogP contribution in [0.15, 0.2) is 48.5 Å². The van der Waals surface area contributed by atoms with Crippen LogP contribution >= 0.6 is 11.6 Å². The number of halogens is 1. The first kappa shape index (κ1) is 25.3. The highest BCUT2D eigenvalue weighted by Crippen LogP contribution is 2.46. The van der Waals surface area contributed by atoms with Gasteiger partial charge in [0.2, 0.25) is 11.8 Å². The molecule has 0 spiro atoms. The number of amides is 2. The highest BCUT2D eigenvalue weighted by Gasteiger charge is 2.50. The van der Waals surface area contributed by atoms with Crippen LogP contribution in [0.2, 0.25) is 5.02 Å². The molecule has 2 aromatic rings. The summed E-state index contributed by atoms with van der Waals surface area (Å²) < 4.78 is 0. The summed E-state index contributed by atoms with van der Waals surface area (Å²) in [6.45, 7) is 10.6. The van der Waals surface area contributed by atoms with E-state index in [9.17, 15) is 14.7 Å². The van der Waals surface area contributed by atoms with Crippen LogP contribution in [0.5, 0.6) is 0 Å². The summed E-state index contributed by atoms with van der Waals surface area (Å²) >= 11 is 6.03. The van der Waals surface area contributed by atoms with E-state index < -0.39 is 17.1 Å². The standard InChI is InChI=1S/C27H35ClN2O3/c1-18(2)24(29-23(31)16-20-8-6-19(3)7-9-20)25(32)30-15-14-27(33,26(4,5)17-30)21-10-12-22(28)13-11-21/h6-13,18,24,33H,14-17H2,1-5H3,(H,29,31)/t24-,27+/m1/s1. The molecule has 0 aromatic heterocycles. The summed E-state index contributed by atoms with van der Waals surface area (Å²) in [5, 5.41) is 15.2.